The molecule has 3 aliphatic rings. The highest BCUT2D eigenvalue weighted by Crippen LogP contribution is 2.65. The topological polar surface area (TPSA) is 21.3 Å². The molecule has 314 valence electrons. The molecule has 3 heteroatoms. The van der Waals surface area contributed by atoms with Gasteiger partial charge in [-0.15, -0.1) is 0 Å². The Labute approximate surface area is 388 Å². The van der Waals surface area contributed by atoms with E-state index in [0.29, 0.717) is 0 Å². The Morgan fingerprint density at radius 3 is 1.66 bits per heavy atom. The van der Waals surface area contributed by atoms with Gasteiger partial charge in [0.2, 0.25) is 0 Å². The first-order chi connectivity index (χ1) is 33.0. The molecule has 1 spiro atoms. The van der Waals surface area contributed by atoms with Crippen molar-refractivity contribution in [3.8, 4) is 39.1 Å². The maximum Gasteiger partial charge on any atom is 0.145 e. The molecule has 12 aromatic rings. The van der Waals surface area contributed by atoms with Gasteiger partial charge in [0, 0.05) is 44.1 Å². The Morgan fingerprint density at radius 1 is 0.403 bits per heavy atom. The van der Waals surface area contributed by atoms with Crippen LogP contribution in [0.25, 0.3) is 82.8 Å². The standard InChI is InChI=1S/C64H42N2O/c1-63(2)48-25-11-8-23-45(48)59-52(63)29-16-31-55(59)66(56-32-17-30-53-60(56)46-24-9-14-28-51(46)64(53)49-26-12-6-20-41(49)42-21-7-13-27-50(42)64)40-34-36-54-47(38-40)61-57(65(54)39-18-4-3-5-19-39)37-35-44-43-22-10-15-33-58(43)67-62(44)61/h3-38H,1-2H3. The van der Waals surface area contributed by atoms with E-state index in [1.165, 1.54) is 66.8 Å². The van der Waals surface area contributed by atoms with E-state index >= 15 is 0 Å². The van der Waals surface area contributed by atoms with Crippen molar-refractivity contribution in [1.82, 2.24) is 4.57 Å². The third-order valence-corrected chi connectivity index (χ3v) is 15.6. The molecule has 67 heavy (non-hydrogen) atoms. The molecule has 0 aliphatic heterocycles. The van der Waals surface area contributed by atoms with Crippen molar-refractivity contribution >= 4 is 60.8 Å². The lowest BCUT2D eigenvalue weighted by Crippen LogP contribution is -2.26. The molecule has 3 aliphatic carbocycles. The average molecular weight is 855 g/mol. The summed E-state index contributed by atoms with van der Waals surface area (Å²) in [5.41, 5.74) is 23.6. The second-order valence-corrected chi connectivity index (χ2v) is 19.1. The fraction of sp³-hybridized carbons (Fsp3) is 0.0625. The summed E-state index contributed by atoms with van der Waals surface area (Å²) < 4.78 is 9.30. The van der Waals surface area contributed by atoms with E-state index in [-0.39, 0.29) is 5.41 Å². The number of hydrogen-bond donors (Lipinski definition) is 0. The minimum Gasteiger partial charge on any atom is -0.455 e. The number of fused-ring (bicyclic) bond motifs is 20. The van der Waals surface area contributed by atoms with Crippen LogP contribution < -0.4 is 4.90 Å². The Morgan fingerprint density at radius 2 is 0.940 bits per heavy atom. The van der Waals surface area contributed by atoms with E-state index in [1.54, 1.807) is 0 Å². The molecule has 0 fully saturated rings. The molecule has 0 N–H and O–H groups in total. The fourth-order valence-electron chi connectivity index (χ4n) is 12.9. The van der Waals surface area contributed by atoms with Crippen molar-refractivity contribution in [2.45, 2.75) is 24.7 Å². The zero-order valence-electron chi connectivity index (χ0n) is 37.1. The van der Waals surface area contributed by atoms with Gasteiger partial charge in [-0.05, 0) is 116 Å². The van der Waals surface area contributed by atoms with Gasteiger partial charge in [-0.1, -0.05) is 172 Å². The molecule has 3 nitrogen and oxygen atoms in total. The normalized spacial score (nSPS) is 14.4. The molecule has 0 unspecified atom stereocenters. The lowest BCUT2D eigenvalue weighted by Gasteiger charge is -2.32. The lowest BCUT2D eigenvalue weighted by molar-refractivity contribution is 0.660. The van der Waals surface area contributed by atoms with Gasteiger partial charge in [-0.2, -0.15) is 0 Å². The summed E-state index contributed by atoms with van der Waals surface area (Å²) >= 11 is 0. The molecule has 0 radical (unpaired) electrons. The maximum absolute atomic E-state index is 6.90. The minimum atomic E-state index is -0.478. The molecule has 0 atom stereocenters. The predicted molar refractivity (Wildman–Crippen MR) is 277 cm³/mol. The summed E-state index contributed by atoms with van der Waals surface area (Å²) in [6.07, 6.45) is 0. The second kappa shape index (κ2) is 13.1. The number of nitrogens with zero attached hydrogens (tertiary/aromatic N) is 2. The third kappa shape index (κ3) is 4.61. The highest BCUT2D eigenvalue weighted by atomic mass is 16.3. The van der Waals surface area contributed by atoms with Gasteiger partial charge in [0.1, 0.15) is 11.2 Å². The first kappa shape index (κ1) is 36.9. The number of benzene rings is 10. The van der Waals surface area contributed by atoms with Crippen LogP contribution >= 0.6 is 0 Å². The van der Waals surface area contributed by atoms with E-state index in [0.717, 1.165) is 66.5 Å². The van der Waals surface area contributed by atoms with Crippen LogP contribution in [0.3, 0.4) is 0 Å². The summed E-state index contributed by atoms with van der Waals surface area (Å²) in [7, 11) is 0. The van der Waals surface area contributed by atoms with Crippen molar-refractivity contribution in [3.63, 3.8) is 0 Å². The van der Waals surface area contributed by atoms with Gasteiger partial charge in [0.25, 0.3) is 0 Å². The fourth-order valence-corrected chi connectivity index (χ4v) is 12.9. The molecular formula is C64H42N2O. The van der Waals surface area contributed by atoms with Crippen LogP contribution in [0.5, 0.6) is 0 Å². The van der Waals surface area contributed by atoms with Crippen LogP contribution in [-0.4, -0.2) is 4.57 Å². The highest BCUT2D eigenvalue weighted by Gasteiger charge is 2.52. The van der Waals surface area contributed by atoms with Crippen molar-refractivity contribution in [3.05, 3.63) is 252 Å². The van der Waals surface area contributed by atoms with Gasteiger partial charge in [0.05, 0.1) is 33.2 Å². The molecule has 0 saturated carbocycles. The molecular weight excluding hydrogens is 813 g/mol. The summed E-state index contributed by atoms with van der Waals surface area (Å²) in [6, 6.07) is 81.2. The molecule has 0 bridgehead atoms. The summed E-state index contributed by atoms with van der Waals surface area (Å²) in [6.45, 7) is 4.76. The Kier molecular flexibility index (Phi) is 7.22. The van der Waals surface area contributed by atoms with E-state index in [9.17, 15) is 0 Å². The quantitative estimate of drug-likeness (QED) is 0.176. The van der Waals surface area contributed by atoms with Crippen LogP contribution in [0, 0.1) is 0 Å². The van der Waals surface area contributed by atoms with Gasteiger partial charge in [-0.3, -0.25) is 0 Å². The maximum atomic E-state index is 6.90. The number of furan rings is 1. The molecule has 10 aromatic carbocycles. The molecule has 15 rings (SSSR count). The number of para-hydroxylation sites is 2. The van der Waals surface area contributed by atoms with E-state index < -0.39 is 5.41 Å². The van der Waals surface area contributed by atoms with Crippen LogP contribution in [0.4, 0.5) is 17.1 Å². The van der Waals surface area contributed by atoms with Gasteiger partial charge >= 0.3 is 0 Å². The summed E-state index contributed by atoms with van der Waals surface area (Å²) in [5.74, 6) is 0. The van der Waals surface area contributed by atoms with Crippen molar-refractivity contribution < 1.29 is 4.42 Å². The molecule has 2 heterocycles. The van der Waals surface area contributed by atoms with Crippen LogP contribution in [0.1, 0.15) is 47.2 Å². The van der Waals surface area contributed by atoms with Gasteiger partial charge in [-0.25, -0.2) is 0 Å². The van der Waals surface area contributed by atoms with E-state index in [2.05, 4.69) is 242 Å². The SMILES string of the molecule is CC1(C)c2ccccc2-c2c(N(c3ccc4c(c3)c3c5oc6ccccc6c5ccc3n4-c3ccccc3)c3cccc4c3-c3ccccc3C43c4ccccc4-c4ccccc43)cccc21. The largest absolute Gasteiger partial charge is 0.455 e. The second-order valence-electron chi connectivity index (χ2n) is 19.1. The van der Waals surface area contributed by atoms with E-state index in [1.807, 2.05) is 0 Å². The monoisotopic (exact) mass is 854 g/mol. The van der Waals surface area contributed by atoms with E-state index in [4.69, 9.17) is 4.42 Å². The van der Waals surface area contributed by atoms with Gasteiger partial charge in [0.15, 0.2) is 0 Å². The zero-order chi connectivity index (χ0) is 44.2. The Bertz CT molecular complexity index is 4040. The summed E-state index contributed by atoms with van der Waals surface area (Å²) in [5, 5.41) is 4.50. The Hall–Kier alpha value is -8.40. The lowest BCUT2D eigenvalue weighted by atomic mass is 9.70. The number of rotatable bonds is 4. The zero-order valence-corrected chi connectivity index (χ0v) is 37.1. The van der Waals surface area contributed by atoms with Crippen LogP contribution in [0.15, 0.2) is 223 Å². The smallest absolute Gasteiger partial charge is 0.145 e. The highest BCUT2D eigenvalue weighted by molar-refractivity contribution is 6.24. The average Bonchev–Trinajstić information content (AvgIpc) is 4.15. The molecule has 0 amide bonds. The minimum absolute atomic E-state index is 0.180. The molecule has 0 saturated heterocycles. The number of anilines is 3. The first-order valence-electron chi connectivity index (χ1n) is 23.4. The summed E-state index contributed by atoms with van der Waals surface area (Å²) in [4.78, 5) is 2.59. The number of hydrogen-bond acceptors (Lipinski definition) is 2. The Balaban J connectivity index is 1.08. The van der Waals surface area contributed by atoms with Crippen molar-refractivity contribution in [1.29, 1.82) is 0 Å². The van der Waals surface area contributed by atoms with Gasteiger partial charge < -0.3 is 13.9 Å². The van der Waals surface area contributed by atoms with Crippen molar-refractivity contribution in [2.75, 3.05) is 4.90 Å². The predicted octanol–water partition coefficient (Wildman–Crippen LogP) is 16.8. The number of aromatic nitrogens is 1. The molecule has 2 aromatic heterocycles. The van der Waals surface area contributed by atoms with Crippen molar-refractivity contribution in [2.24, 2.45) is 0 Å². The van der Waals surface area contributed by atoms with Crippen LogP contribution in [0.2, 0.25) is 0 Å². The van der Waals surface area contributed by atoms with Crippen LogP contribution in [-0.2, 0) is 10.8 Å². The first-order valence-corrected chi connectivity index (χ1v) is 23.4. The third-order valence-electron chi connectivity index (χ3n) is 15.6.